The van der Waals surface area contributed by atoms with Crippen LogP contribution in [0, 0.1) is 0 Å². The van der Waals surface area contributed by atoms with Crippen molar-refractivity contribution < 1.29 is 19.1 Å². The van der Waals surface area contributed by atoms with Crippen molar-refractivity contribution in [2.24, 2.45) is 0 Å². The second-order valence-electron chi connectivity index (χ2n) is 9.11. The summed E-state index contributed by atoms with van der Waals surface area (Å²) < 4.78 is 12.4. The number of aromatic nitrogens is 2. The standard InChI is InChI=1S/C30H32N4O4/c1-20(2)31-28(25(35)17-21-15-16-26(37-3)27(18-21)38-4)30(36)32-29-24(22-11-7-5-8-12-22)19-34(33-29)23-13-9-6-10-14-23/h5-16,18-20,28,31H,17H2,1-4H3,(H,32,33,36). The first kappa shape index (κ1) is 26.6. The van der Waals surface area contributed by atoms with E-state index in [2.05, 4.69) is 15.7 Å². The van der Waals surface area contributed by atoms with Crippen molar-refractivity contribution in [2.75, 3.05) is 19.5 Å². The molecule has 0 fully saturated rings. The van der Waals surface area contributed by atoms with Gasteiger partial charge in [0.25, 0.3) is 0 Å². The van der Waals surface area contributed by atoms with Crippen molar-refractivity contribution in [3.63, 3.8) is 0 Å². The number of carbonyl (C=O) groups excluding carboxylic acids is 2. The summed E-state index contributed by atoms with van der Waals surface area (Å²) in [6.07, 6.45) is 1.92. The van der Waals surface area contributed by atoms with Gasteiger partial charge in [0, 0.05) is 24.2 Å². The van der Waals surface area contributed by atoms with Gasteiger partial charge in [0.15, 0.2) is 23.1 Å². The van der Waals surface area contributed by atoms with Crippen molar-refractivity contribution in [3.05, 3.63) is 90.6 Å². The number of amides is 1. The number of methoxy groups -OCH3 is 2. The monoisotopic (exact) mass is 512 g/mol. The van der Waals surface area contributed by atoms with Crippen LogP contribution in [0.5, 0.6) is 11.5 Å². The van der Waals surface area contributed by atoms with Gasteiger partial charge in [0.2, 0.25) is 5.91 Å². The molecular formula is C30H32N4O4. The van der Waals surface area contributed by atoms with E-state index in [1.54, 1.807) is 37.1 Å². The number of rotatable bonds is 11. The lowest BCUT2D eigenvalue weighted by atomic mass is 10.0. The highest BCUT2D eigenvalue weighted by Gasteiger charge is 2.29. The summed E-state index contributed by atoms with van der Waals surface area (Å²) in [5.41, 5.74) is 3.22. The van der Waals surface area contributed by atoms with Crippen LogP contribution in [0.25, 0.3) is 16.8 Å². The number of hydrogen-bond donors (Lipinski definition) is 2. The van der Waals surface area contributed by atoms with Crippen LogP contribution >= 0.6 is 0 Å². The topological polar surface area (TPSA) is 94.5 Å². The minimum atomic E-state index is -1.08. The van der Waals surface area contributed by atoms with Crippen molar-refractivity contribution in [1.82, 2.24) is 15.1 Å². The van der Waals surface area contributed by atoms with Crippen LogP contribution < -0.4 is 20.1 Å². The summed E-state index contributed by atoms with van der Waals surface area (Å²) in [4.78, 5) is 26.9. The van der Waals surface area contributed by atoms with Crippen LogP contribution in [0.3, 0.4) is 0 Å². The number of Topliss-reactive ketones (excluding diaryl/α,β-unsaturated/α-hetero) is 1. The third kappa shape index (κ3) is 6.27. The van der Waals surface area contributed by atoms with E-state index in [-0.39, 0.29) is 18.2 Å². The minimum Gasteiger partial charge on any atom is -0.493 e. The molecule has 4 rings (SSSR count). The molecule has 0 spiro atoms. The van der Waals surface area contributed by atoms with Gasteiger partial charge in [-0.05, 0) is 49.2 Å². The van der Waals surface area contributed by atoms with Crippen molar-refractivity contribution >= 4 is 17.5 Å². The molecule has 8 heteroatoms. The molecule has 3 aromatic carbocycles. The van der Waals surface area contributed by atoms with E-state index in [1.165, 1.54) is 0 Å². The maximum Gasteiger partial charge on any atom is 0.250 e. The predicted octanol–water partition coefficient (Wildman–Crippen LogP) is 4.67. The Morgan fingerprint density at radius 3 is 2.18 bits per heavy atom. The first-order valence-electron chi connectivity index (χ1n) is 12.4. The summed E-state index contributed by atoms with van der Waals surface area (Å²) in [5, 5.41) is 10.7. The molecule has 1 heterocycles. The lowest BCUT2D eigenvalue weighted by molar-refractivity contribution is -0.128. The van der Waals surface area contributed by atoms with Crippen molar-refractivity contribution in [3.8, 4) is 28.3 Å². The summed E-state index contributed by atoms with van der Waals surface area (Å²) in [6, 6.07) is 23.4. The molecule has 1 amide bonds. The number of para-hydroxylation sites is 1. The fraction of sp³-hybridized carbons (Fsp3) is 0.233. The van der Waals surface area contributed by atoms with E-state index in [1.807, 2.05) is 80.7 Å². The molecule has 0 aliphatic carbocycles. The lowest BCUT2D eigenvalue weighted by Gasteiger charge is -2.20. The Labute approximate surface area is 222 Å². The number of anilines is 1. The van der Waals surface area contributed by atoms with E-state index < -0.39 is 11.9 Å². The van der Waals surface area contributed by atoms with Crippen LogP contribution in [0.1, 0.15) is 19.4 Å². The molecule has 2 N–H and O–H groups in total. The minimum absolute atomic E-state index is 0.0438. The van der Waals surface area contributed by atoms with E-state index in [0.717, 1.165) is 16.8 Å². The maximum atomic E-state index is 13.5. The fourth-order valence-electron chi connectivity index (χ4n) is 4.14. The molecule has 0 radical (unpaired) electrons. The molecule has 0 aliphatic heterocycles. The van der Waals surface area contributed by atoms with E-state index >= 15 is 0 Å². The molecular weight excluding hydrogens is 480 g/mol. The zero-order valence-electron chi connectivity index (χ0n) is 22.0. The summed E-state index contributed by atoms with van der Waals surface area (Å²) in [7, 11) is 3.09. The largest absolute Gasteiger partial charge is 0.493 e. The van der Waals surface area contributed by atoms with Gasteiger partial charge in [-0.15, -0.1) is 5.10 Å². The van der Waals surface area contributed by atoms with E-state index in [0.29, 0.717) is 22.9 Å². The second kappa shape index (κ2) is 12.2. The normalized spacial score (nSPS) is 11.7. The van der Waals surface area contributed by atoms with Gasteiger partial charge in [-0.3, -0.25) is 14.9 Å². The first-order valence-corrected chi connectivity index (χ1v) is 12.4. The molecule has 1 aromatic heterocycles. The Kier molecular flexibility index (Phi) is 8.55. The molecule has 0 aliphatic rings. The molecule has 1 atom stereocenters. The van der Waals surface area contributed by atoms with Gasteiger partial charge in [0.1, 0.15) is 6.04 Å². The van der Waals surface area contributed by atoms with Crippen molar-refractivity contribution in [1.29, 1.82) is 0 Å². The Morgan fingerprint density at radius 2 is 1.55 bits per heavy atom. The molecule has 0 saturated carbocycles. The van der Waals surface area contributed by atoms with Crippen molar-refractivity contribution in [2.45, 2.75) is 32.4 Å². The van der Waals surface area contributed by atoms with Gasteiger partial charge in [-0.1, -0.05) is 54.6 Å². The second-order valence-corrected chi connectivity index (χ2v) is 9.11. The number of ether oxygens (including phenoxy) is 2. The van der Waals surface area contributed by atoms with E-state index in [4.69, 9.17) is 9.47 Å². The van der Waals surface area contributed by atoms with Gasteiger partial charge < -0.3 is 14.8 Å². The SMILES string of the molecule is COc1ccc(CC(=O)C(NC(C)C)C(=O)Nc2nn(-c3ccccc3)cc2-c2ccccc2)cc1OC. The zero-order valence-corrected chi connectivity index (χ0v) is 22.0. The Balaban J connectivity index is 1.62. The molecule has 38 heavy (non-hydrogen) atoms. The Bertz CT molecular complexity index is 1380. The highest BCUT2D eigenvalue weighted by Crippen LogP contribution is 2.29. The van der Waals surface area contributed by atoms with Crippen LogP contribution in [0.4, 0.5) is 5.82 Å². The molecule has 196 valence electrons. The quantitative estimate of drug-likeness (QED) is 0.284. The Hall–Kier alpha value is -4.43. The highest BCUT2D eigenvalue weighted by molar-refractivity contribution is 6.12. The van der Waals surface area contributed by atoms with Gasteiger partial charge in [0.05, 0.1) is 19.9 Å². The summed E-state index contributed by atoms with van der Waals surface area (Å²) in [6.45, 7) is 3.78. The predicted molar refractivity (Wildman–Crippen MR) is 148 cm³/mol. The van der Waals surface area contributed by atoms with Gasteiger partial charge in [-0.25, -0.2) is 4.68 Å². The molecule has 8 nitrogen and oxygen atoms in total. The number of nitrogens with one attached hydrogen (secondary N) is 2. The first-order chi connectivity index (χ1) is 18.4. The average Bonchev–Trinajstić information content (AvgIpc) is 3.36. The third-order valence-electron chi connectivity index (χ3n) is 5.97. The van der Waals surface area contributed by atoms with Crippen LogP contribution in [0.15, 0.2) is 85.1 Å². The zero-order chi connectivity index (χ0) is 27.1. The summed E-state index contributed by atoms with van der Waals surface area (Å²) >= 11 is 0. The number of hydrogen-bond acceptors (Lipinski definition) is 6. The van der Waals surface area contributed by atoms with Gasteiger partial charge in [-0.2, -0.15) is 0 Å². The summed E-state index contributed by atoms with van der Waals surface area (Å²) in [5.74, 6) is 0.724. The highest BCUT2D eigenvalue weighted by atomic mass is 16.5. The smallest absolute Gasteiger partial charge is 0.250 e. The third-order valence-corrected chi connectivity index (χ3v) is 5.97. The van der Waals surface area contributed by atoms with E-state index in [9.17, 15) is 9.59 Å². The Morgan fingerprint density at radius 1 is 0.895 bits per heavy atom. The fourth-order valence-corrected chi connectivity index (χ4v) is 4.14. The maximum absolute atomic E-state index is 13.5. The number of ketones is 1. The van der Waals surface area contributed by atoms with Gasteiger partial charge >= 0.3 is 0 Å². The number of carbonyl (C=O) groups is 2. The van der Waals surface area contributed by atoms with Crippen LogP contribution in [0.2, 0.25) is 0 Å². The molecule has 0 bridgehead atoms. The lowest BCUT2D eigenvalue weighted by Crippen LogP contribution is -2.49. The van der Waals surface area contributed by atoms with Crippen LogP contribution in [-0.4, -0.2) is 47.8 Å². The van der Waals surface area contributed by atoms with Crippen LogP contribution in [-0.2, 0) is 16.0 Å². The molecule has 4 aromatic rings. The molecule has 0 saturated heterocycles. The number of nitrogens with zero attached hydrogens (tertiary/aromatic N) is 2. The average molecular weight is 513 g/mol. The molecule has 1 unspecified atom stereocenters. The number of benzene rings is 3.